The first-order valence-corrected chi connectivity index (χ1v) is 6.10. The number of carbonyl (C=O) groups excluding carboxylic acids is 1. The first-order chi connectivity index (χ1) is 8.99. The summed E-state index contributed by atoms with van der Waals surface area (Å²) in [6, 6.07) is 9.40. The smallest absolute Gasteiger partial charge is 0.166 e. The van der Waals surface area contributed by atoms with Crippen molar-refractivity contribution in [3.63, 3.8) is 0 Å². The molecule has 0 radical (unpaired) electrons. The summed E-state index contributed by atoms with van der Waals surface area (Å²) in [5.41, 5.74) is 0.767. The van der Waals surface area contributed by atoms with E-state index < -0.39 is 5.82 Å². The average molecular weight is 279 g/mol. The van der Waals surface area contributed by atoms with Crippen LogP contribution in [0.15, 0.2) is 36.4 Å². The van der Waals surface area contributed by atoms with E-state index >= 15 is 0 Å². The maximum absolute atomic E-state index is 13.6. The lowest BCUT2D eigenvalue weighted by atomic mass is 10.1. The van der Waals surface area contributed by atoms with Crippen molar-refractivity contribution in [3.05, 3.63) is 58.4 Å². The number of rotatable bonds is 3. The lowest BCUT2D eigenvalue weighted by Crippen LogP contribution is -2.01. The van der Waals surface area contributed by atoms with Crippen molar-refractivity contribution in [1.29, 1.82) is 0 Å². The summed E-state index contributed by atoms with van der Waals surface area (Å²) in [6.45, 7) is 3.13. The minimum Gasteiger partial charge on any atom is -0.456 e. The summed E-state index contributed by atoms with van der Waals surface area (Å²) in [5.74, 6) is -0.216. The Bertz CT molecular complexity index is 638. The maximum Gasteiger partial charge on any atom is 0.166 e. The molecule has 0 atom stereocenters. The molecule has 0 unspecified atom stereocenters. The van der Waals surface area contributed by atoms with Crippen molar-refractivity contribution in [2.45, 2.75) is 13.8 Å². The summed E-state index contributed by atoms with van der Waals surface area (Å²) < 4.78 is 19.3. The van der Waals surface area contributed by atoms with Gasteiger partial charge in [-0.1, -0.05) is 17.7 Å². The van der Waals surface area contributed by atoms with Gasteiger partial charge in [-0.25, -0.2) is 4.39 Å². The number of Topliss-reactive ketones (excluding diaryl/α,β-unsaturated/α-hetero) is 1. The summed E-state index contributed by atoms with van der Waals surface area (Å²) in [5, 5.41) is 0.593. The molecule has 0 amide bonds. The lowest BCUT2D eigenvalue weighted by Gasteiger charge is -2.12. The normalized spacial score (nSPS) is 10.3. The molecule has 2 rings (SSSR count). The Morgan fingerprint density at radius 3 is 2.58 bits per heavy atom. The van der Waals surface area contributed by atoms with Crippen LogP contribution in [0.3, 0.4) is 0 Å². The predicted molar refractivity (Wildman–Crippen MR) is 72.7 cm³/mol. The van der Waals surface area contributed by atoms with Crippen LogP contribution in [0.2, 0.25) is 5.02 Å². The van der Waals surface area contributed by atoms with E-state index in [1.807, 2.05) is 6.92 Å². The van der Waals surface area contributed by atoms with Crippen LogP contribution in [0.4, 0.5) is 4.39 Å². The monoisotopic (exact) mass is 278 g/mol. The van der Waals surface area contributed by atoms with Gasteiger partial charge in [0.1, 0.15) is 17.3 Å². The van der Waals surface area contributed by atoms with E-state index in [4.69, 9.17) is 16.3 Å². The van der Waals surface area contributed by atoms with E-state index in [2.05, 4.69) is 0 Å². The molecule has 0 saturated heterocycles. The number of benzene rings is 2. The van der Waals surface area contributed by atoms with E-state index in [-0.39, 0.29) is 17.1 Å². The molecular weight excluding hydrogens is 267 g/mol. The van der Waals surface area contributed by atoms with Crippen LogP contribution in [0.5, 0.6) is 11.5 Å². The zero-order valence-electron chi connectivity index (χ0n) is 10.5. The molecule has 4 heteroatoms. The first-order valence-electron chi connectivity index (χ1n) is 5.72. The van der Waals surface area contributed by atoms with Gasteiger partial charge in [-0.3, -0.25) is 4.79 Å². The van der Waals surface area contributed by atoms with Gasteiger partial charge in [0.2, 0.25) is 0 Å². The number of aryl methyl sites for hydroxylation is 1. The number of hydrogen-bond acceptors (Lipinski definition) is 2. The highest BCUT2D eigenvalue weighted by Gasteiger charge is 2.15. The van der Waals surface area contributed by atoms with Crippen LogP contribution in [0, 0.1) is 12.7 Å². The van der Waals surface area contributed by atoms with E-state index in [1.165, 1.54) is 19.1 Å². The molecule has 19 heavy (non-hydrogen) atoms. The predicted octanol–water partition coefficient (Wildman–Crippen LogP) is 4.78. The molecule has 0 N–H and O–H groups in total. The van der Waals surface area contributed by atoms with Gasteiger partial charge >= 0.3 is 0 Å². The molecule has 0 spiro atoms. The summed E-state index contributed by atoms with van der Waals surface area (Å²) in [6.07, 6.45) is 0. The van der Waals surface area contributed by atoms with Crippen LogP contribution < -0.4 is 4.74 Å². The second kappa shape index (κ2) is 5.41. The first kappa shape index (κ1) is 13.6. The summed E-state index contributed by atoms with van der Waals surface area (Å²) in [7, 11) is 0. The van der Waals surface area contributed by atoms with Gasteiger partial charge in [0.25, 0.3) is 0 Å². The molecule has 2 nitrogen and oxygen atoms in total. The summed E-state index contributed by atoms with van der Waals surface area (Å²) >= 11 is 5.86. The van der Waals surface area contributed by atoms with Crippen molar-refractivity contribution in [1.82, 2.24) is 0 Å². The Morgan fingerprint density at radius 2 is 1.95 bits per heavy atom. The molecular formula is C15H12ClFO2. The number of halogens is 2. The average Bonchev–Trinajstić information content (AvgIpc) is 2.32. The van der Waals surface area contributed by atoms with E-state index in [0.29, 0.717) is 10.8 Å². The Hall–Kier alpha value is -1.87. The minimum atomic E-state index is -0.586. The highest BCUT2D eigenvalue weighted by molar-refractivity contribution is 6.30. The molecule has 0 saturated carbocycles. The lowest BCUT2D eigenvalue weighted by molar-refractivity contribution is 0.101. The van der Waals surface area contributed by atoms with Gasteiger partial charge in [-0.05, 0) is 49.7 Å². The Kier molecular flexibility index (Phi) is 3.86. The molecule has 0 aliphatic rings. The minimum absolute atomic E-state index is 0.0446. The number of carbonyl (C=O) groups is 1. The van der Waals surface area contributed by atoms with Crippen molar-refractivity contribution >= 4 is 17.4 Å². The molecule has 0 aliphatic carbocycles. The van der Waals surface area contributed by atoms with Crippen molar-refractivity contribution in [2.24, 2.45) is 0 Å². The van der Waals surface area contributed by atoms with Crippen LogP contribution in [-0.4, -0.2) is 5.78 Å². The molecule has 98 valence electrons. The third kappa shape index (κ3) is 2.93. The van der Waals surface area contributed by atoms with Crippen molar-refractivity contribution in [3.8, 4) is 11.5 Å². The fourth-order valence-electron chi connectivity index (χ4n) is 1.78. The van der Waals surface area contributed by atoms with E-state index in [9.17, 15) is 9.18 Å². The molecule has 0 aliphatic heterocycles. The number of hydrogen-bond donors (Lipinski definition) is 0. The molecule has 2 aromatic carbocycles. The molecule has 0 heterocycles. The highest BCUT2D eigenvalue weighted by Crippen LogP contribution is 2.30. The third-order valence-corrected chi connectivity index (χ3v) is 2.92. The Labute approximate surface area is 115 Å². The van der Waals surface area contributed by atoms with Crippen LogP contribution >= 0.6 is 11.6 Å². The van der Waals surface area contributed by atoms with Crippen molar-refractivity contribution < 1.29 is 13.9 Å². The second-order valence-corrected chi connectivity index (χ2v) is 4.62. The van der Waals surface area contributed by atoms with Gasteiger partial charge in [0.15, 0.2) is 5.78 Å². The van der Waals surface area contributed by atoms with Gasteiger partial charge in [0, 0.05) is 5.02 Å². The van der Waals surface area contributed by atoms with E-state index in [1.54, 1.807) is 24.3 Å². The summed E-state index contributed by atoms with van der Waals surface area (Å²) in [4.78, 5) is 11.5. The zero-order chi connectivity index (χ0) is 14.0. The molecule has 0 bridgehead atoms. The Morgan fingerprint density at radius 1 is 1.21 bits per heavy atom. The largest absolute Gasteiger partial charge is 0.456 e. The van der Waals surface area contributed by atoms with Crippen molar-refractivity contribution in [2.75, 3.05) is 0 Å². The molecule has 0 aromatic heterocycles. The molecule has 0 fully saturated rings. The fraction of sp³-hybridized carbons (Fsp3) is 0.133. The Balaban J connectivity index is 2.44. The van der Waals surface area contributed by atoms with Crippen LogP contribution in [-0.2, 0) is 0 Å². The third-order valence-electron chi connectivity index (χ3n) is 2.68. The highest BCUT2D eigenvalue weighted by atomic mass is 35.5. The van der Waals surface area contributed by atoms with Gasteiger partial charge in [0.05, 0.1) is 5.56 Å². The topological polar surface area (TPSA) is 26.3 Å². The van der Waals surface area contributed by atoms with Crippen LogP contribution in [0.1, 0.15) is 22.8 Å². The number of ether oxygens (including phenoxy) is 1. The fourth-order valence-corrected chi connectivity index (χ4v) is 2.00. The zero-order valence-corrected chi connectivity index (χ0v) is 11.3. The SMILES string of the molecule is CC(=O)c1c(F)cccc1Oc1ccc(Cl)cc1C. The van der Waals surface area contributed by atoms with Crippen LogP contribution in [0.25, 0.3) is 0 Å². The standard InChI is InChI=1S/C15H12ClFO2/c1-9-8-11(16)6-7-13(9)19-14-5-3-4-12(17)15(14)10(2)18/h3-8H,1-2H3. The maximum atomic E-state index is 13.6. The van der Waals surface area contributed by atoms with Gasteiger partial charge in [-0.2, -0.15) is 0 Å². The quantitative estimate of drug-likeness (QED) is 0.755. The molecule has 2 aromatic rings. The number of ketones is 1. The van der Waals surface area contributed by atoms with Gasteiger partial charge in [-0.15, -0.1) is 0 Å². The van der Waals surface area contributed by atoms with E-state index in [0.717, 1.165) is 5.56 Å². The second-order valence-electron chi connectivity index (χ2n) is 4.18. The van der Waals surface area contributed by atoms with Gasteiger partial charge < -0.3 is 4.74 Å².